The molecule has 3 nitrogen and oxygen atoms in total. The van der Waals surface area contributed by atoms with Crippen LogP contribution in [0.5, 0.6) is 0 Å². The predicted octanol–water partition coefficient (Wildman–Crippen LogP) is 3.58. The molecule has 0 aromatic heterocycles. The Morgan fingerprint density at radius 3 is 2.67 bits per heavy atom. The van der Waals surface area contributed by atoms with E-state index in [1.54, 1.807) is 0 Å². The quantitative estimate of drug-likeness (QED) is 0.856. The van der Waals surface area contributed by atoms with Crippen molar-refractivity contribution in [2.24, 2.45) is 0 Å². The molecule has 0 radical (unpaired) electrons. The number of nitrogen functional groups attached to an aromatic ring is 1. The Labute approximate surface area is 129 Å². The van der Waals surface area contributed by atoms with Gasteiger partial charge in [0.25, 0.3) is 5.91 Å². The molecule has 110 valence electrons. The number of anilines is 1. The molecule has 0 saturated heterocycles. The van der Waals surface area contributed by atoms with E-state index in [9.17, 15) is 13.6 Å². The smallest absolute Gasteiger partial charge is 0.259 e. The molecule has 0 aliphatic heterocycles. The molecule has 21 heavy (non-hydrogen) atoms. The Morgan fingerprint density at radius 2 is 2.00 bits per heavy atom. The van der Waals surface area contributed by atoms with E-state index >= 15 is 0 Å². The SMILES string of the molecule is CN(Cc1cccc(Br)c1)C(=O)c1c(F)ccc(N)c1F. The highest BCUT2D eigenvalue weighted by atomic mass is 79.9. The fourth-order valence-electron chi connectivity index (χ4n) is 1.94. The van der Waals surface area contributed by atoms with Crippen molar-refractivity contribution >= 4 is 27.5 Å². The van der Waals surface area contributed by atoms with Gasteiger partial charge in [-0.05, 0) is 29.8 Å². The summed E-state index contributed by atoms with van der Waals surface area (Å²) in [5, 5.41) is 0. The van der Waals surface area contributed by atoms with Crippen LogP contribution in [0.3, 0.4) is 0 Å². The molecule has 2 rings (SSSR count). The van der Waals surface area contributed by atoms with E-state index in [4.69, 9.17) is 5.73 Å². The van der Waals surface area contributed by atoms with Crippen molar-refractivity contribution in [1.29, 1.82) is 0 Å². The van der Waals surface area contributed by atoms with E-state index in [-0.39, 0.29) is 12.2 Å². The average molecular weight is 355 g/mol. The minimum Gasteiger partial charge on any atom is -0.396 e. The van der Waals surface area contributed by atoms with Gasteiger partial charge in [0.05, 0.1) is 5.69 Å². The lowest BCUT2D eigenvalue weighted by Crippen LogP contribution is -2.28. The van der Waals surface area contributed by atoms with Gasteiger partial charge in [0.15, 0.2) is 5.82 Å². The molecule has 6 heteroatoms. The van der Waals surface area contributed by atoms with Gasteiger partial charge in [0, 0.05) is 18.1 Å². The first-order chi connectivity index (χ1) is 9.90. The summed E-state index contributed by atoms with van der Waals surface area (Å²) in [6.07, 6.45) is 0. The van der Waals surface area contributed by atoms with Crippen LogP contribution in [0.2, 0.25) is 0 Å². The maximum absolute atomic E-state index is 13.9. The van der Waals surface area contributed by atoms with E-state index < -0.39 is 23.1 Å². The Balaban J connectivity index is 2.26. The first-order valence-corrected chi connectivity index (χ1v) is 6.93. The maximum Gasteiger partial charge on any atom is 0.259 e. The molecular formula is C15H13BrF2N2O. The van der Waals surface area contributed by atoms with Crippen LogP contribution < -0.4 is 5.73 Å². The van der Waals surface area contributed by atoms with Gasteiger partial charge in [0.2, 0.25) is 0 Å². The lowest BCUT2D eigenvalue weighted by molar-refractivity contribution is 0.0775. The molecule has 0 unspecified atom stereocenters. The molecular weight excluding hydrogens is 342 g/mol. The number of nitrogens with zero attached hydrogens (tertiary/aromatic N) is 1. The molecule has 2 aromatic carbocycles. The van der Waals surface area contributed by atoms with Crippen molar-refractivity contribution in [3.8, 4) is 0 Å². The molecule has 2 aromatic rings. The second kappa shape index (κ2) is 6.22. The monoisotopic (exact) mass is 354 g/mol. The normalized spacial score (nSPS) is 10.5. The third-order valence-electron chi connectivity index (χ3n) is 2.99. The van der Waals surface area contributed by atoms with Crippen LogP contribution in [0, 0.1) is 11.6 Å². The molecule has 0 bridgehead atoms. The summed E-state index contributed by atoms with van der Waals surface area (Å²) in [6.45, 7) is 0.228. The van der Waals surface area contributed by atoms with Gasteiger partial charge in [-0.15, -0.1) is 0 Å². The molecule has 0 aliphatic carbocycles. The number of nitrogens with two attached hydrogens (primary N) is 1. The highest BCUT2D eigenvalue weighted by Crippen LogP contribution is 2.21. The first-order valence-electron chi connectivity index (χ1n) is 6.13. The fourth-order valence-corrected chi connectivity index (χ4v) is 2.38. The lowest BCUT2D eigenvalue weighted by atomic mass is 10.1. The minimum atomic E-state index is -1.03. The number of hydrogen-bond acceptors (Lipinski definition) is 2. The third-order valence-corrected chi connectivity index (χ3v) is 3.48. The minimum absolute atomic E-state index is 0.228. The van der Waals surface area contributed by atoms with Crippen LogP contribution in [0.4, 0.5) is 14.5 Å². The number of halogens is 3. The second-order valence-corrected chi connectivity index (χ2v) is 5.53. The Hall–Kier alpha value is -1.95. The van der Waals surface area contributed by atoms with Gasteiger partial charge >= 0.3 is 0 Å². The molecule has 0 heterocycles. The third kappa shape index (κ3) is 3.39. The van der Waals surface area contributed by atoms with Crippen molar-refractivity contribution in [3.63, 3.8) is 0 Å². The molecule has 0 atom stereocenters. The number of hydrogen-bond donors (Lipinski definition) is 1. The Morgan fingerprint density at radius 1 is 1.29 bits per heavy atom. The van der Waals surface area contributed by atoms with Crippen molar-refractivity contribution in [1.82, 2.24) is 4.90 Å². The van der Waals surface area contributed by atoms with Crippen LogP contribution >= 0.6 is 15.9 Å². The zero-order valence-electron chi connectivity index (χ0n) is 11.2. The summed E-state index contributed by atoms with van der Waals surface area (Å²) in [4.78, 5) is 13.4. The largest absolute Gasteiger partial charge is 0.396 e. The van der Waals surface area contributed by atoms with Crippen molar-refractivity contribution in [2.45, 2.75) is 6.54 Å². The second-order valence-electron chi connectivity index (χ2n) is 4.62. The van der Waals surface area contributed by atoms with Gasteiger partial charge in [-0.25, -0.2) is 8.78 Å². The number of amides is 1. The number of rotatable bonds is 3. The van der Waals surface area contributed by atoms with Gasteiger partial charge in [-0.3, -0.25) is 4.79 Å². The number of carbonyl (C=O) groups excluding carboxylic acids is 1. The Bertz CT molecular complexity index is 691. The maximum atomic E-state index is 13.9. The first kappa shape index (κ1) is 15.4. The fraction of sp³-hybridized carbons (Fsp3) is 0.133. The summed E-state index contributed by atoms with van der Waals surface area (Å²) in [5.74, 6) is -2.70. The van der Waals surface area contributed by atoms with Crippen LogP contribution in [-0.4, -0.2) is 17.9 Å². The van der Waals surface area contributed by atoms with E-state index in [1.807, 2.05) is 24.3 Å². The van der Waals surface area contributed by atoms with Gasteiger partial charge in [0.1, 0.15) is 11.4 Å². The van der Waals surface area contributed by atoms with Gasteiger partial charge < -0.3 is 10.6 Å². The topological polar surface area (TPSA) is 46.3 Å². The molecule has 0 spiro atoms. The van der Waals surface area contributed by atoms with Crippen LogP contribution in [-0.2, 0) is 6.54 Å². The van der Waals surface area contributed by atoms with Crippen molar-refractivity contribution in [2.75, 3.05) is 12.8 Å². The molecule has 2 N–H and O–H groups in total. The van der Waals surface area contributed by atoms with Crippen molar-refractivity contribution in [3.05, 3.63) is 63.6 Å². The molecule has 0 fully saturated rings. The zero-order valence-corrected chi connectivity index (χ0v) is 12.8. The summed E-state index contributed by atoms with van der Waals surface area (Å²) < 4.78 is 28.4. The summed E-state index contributed by atoms with van der Waals surface area (Å²) >= 11 is 3.33. The van der Waals surface area contributed by atoms with Crippen LogP contribution in [0.15, 0.2) is 40.9 Å². The number of benzene rings is 2. The van der Waals surface area contributed by atoms with E-state index in [0.29, 0.717) is 0 Å². The molecule has 0 saturated carbocycles. The van der Waals surface area contributed by atoms with E-state index in [0.717, 1.165) is 22.2 Å². The molecule has 0 aliphatic rings. The predicted molar refractivity (Wildman–Crippen MR) is 80.7 cm³/mol. The van der Waals surface area contributed by atoms with Crippen molar-refractivity contribution < 1.29 is 13.6 Å². The van der Waals surface area contributed by atoms with E-state index in [2.05, 4.69) is 15.9 Å². The standard InChI is InChI=1S/C15H13BrF2N2O/c1-20(8-9-3-2-4-10(16)7-9)15(21)13-11(17)5-6-12(19)14(13)18/h2-7H,8,19H2,1H3. The zero-order chi connectivity index (χ0) is 15.6. The van der Waals surface area contributed by atoms with Gasteiger partial charge in [-0.1, -0.05) is 28.1 Å². The summed E-state index contributed by atoms with van der Waals surface area (Å²) in [6, 6.07) is 9.40. The van der Waals surface area contributed by atoms with Gasteiger partial charge in [-0.2, -0.15) is 0 Å². The van der Waals surface area contributed by atoms with Crippen LogP contribution in [0.25, 0.3) is 0 Å². The lowest BCUT2D eigenvalue weighted by Gasteiger charge is -2.18. The summed E-state index contributed by atoms with van der Waals surface area (Å²) in [5.41, 5.74) is 5.33. The molecule has 1 amide bonds. The van der Waals surface area contributed by atoms with Crippen LogP contribution in [0.1, 0.15) is 15.9 Å². The Kier molecular flexibility index (Phi) is 4.57. The average Bonchev–Trinajstić information content (AvgIpc) is 2.43. The summed E-state index contributed by atoms with van der Waals surface area (Å²) in [7, 11) is 1.48. The number of carbonyl (C=O) groups is 1. The van der Waals surface area contributed by atoms with E-state index in [1.165, 1.54) is 11.9 Å². The highest BCUT2D eigenvalue weighted by molar-refractivity contribution is 9.10. The highest BCUT2D eigenvalue weighted by Gasteiger charge is 2.22.